The molecule has 0 aliphatic rings. The van der Waals surface area contributed by atoms with Gasteiger partial charge in [-0.2, -0.15) is 4.98 Å². The maximum atomic E-state index is 12.2. The van der Waals surface area contributed by atoms with E-state index < -0.39 is 0 Å². The molecule has 3 rings (SSSR count). The van der Waals surface area contributed by atoms with Gasteiger partial charge in [0.1, 0.15) is 5.75 Å². The van der Waals surface area contributed by atoms with Crippen LogP contribution in [0.2, 0.25) is 0 Å². The summed E-state index contributed by atoms with van der Waals surface area (Å²) in [4.78, 5) is 20.7. The Morgan fingerprint density at radius 3 is 2.74 bits per heavy atom. The second-order valence-corrected chi connectivity index (χ2v) is 6.30. The van der Waals surface area contributed by atoms with Gasteiger partial charge in [0.15, 0.2) is 5.82 Å². The highest BCUT2D eigenvalue weighted by Gasteiger charge is 2.22. The van der Waals surface area contributed by atoms with Gasteiger partial charge in [0.05, 0.1) is 30.9 Å². The second kappa shape index (κ2) is 5.49. The smallest absolute Gasteiger partial charge is 0.269 e. The van der Waals surface area contributed by atoms with E-state index in [2.05, 4.69) is 15.1 Å². The Morgan fingerprint density at radius 1 is 1.30 bits per heavy atom. The molecule has 0 N–H and O–H groups in total. The molecule has 0 saturated carbocycles. The maximum absolute atomic E-state index is 12.2. The van der Waals surface area contributed by atoms with Gasteiger partial charge in [-0.1, -0.05) is 25.9 Å². The highest BCUT2D eigenvalue weighted by atomic mass is 16.5. The average molecular weight is 314 g/mol. The Morgan fingerprint density at radius 2 is 2.09 bits per heavy atom. The van der Waals surface area contributed by atoms with Crippen molar-refractivity contribution in [2.75, 3.05) is 7.11 Å². The van der Waals surface area contributed by atoms with Crippen molar-refractivity contribution in [1.29, 1.82) is 0 Å². The molecule has 7 heteroatoms. The van der Waals surface area contributed by atoms with Crippen LogP contribution in [-0.2, 0) is 12.0 Å². The molecule has 0 atom stereocenters. The van der Waals surface area contributed by atoms with Crippen LogP contribution in [0.4, 0.5) is 0 Å². The summed E-state index contributed by atoms with van der Waals surface area (Å²) in [5.41, 5.74) is 0.900. The van der Waals surface area contributed by atoms with Crippen molar-refractivity contribution in [1.82, 2.24) is 19.7 Å². The van der Waals surface area contributed by atoms with Crippen molar-refractivity contribution in [3.05, 3.63) is 46.5 Å². The van der Waals surface area contributed by atoms with Crippen LogP contribution < -0.4 is 10.3 Å². The summed E-state index contributed by atoms with van der Waals surface area (Å²) in [7, 11) is 1.58. The van der Waals surface area contributed by atoms with Crippen LogP contribution in [0, 0.1) is 0 Å². The van der Waals surface area contributed by atoms with Gasteiger partial charge < -0.3 is 9.26 Å². The Balaban J connectivity index is 2.07. The van der Waals surface area contributed by atoms with E-state index in [4.69, 9.17) is 9.26 Å². The summed E-state index contributed by atoms with van der Waals surface area (Å²) in [5.74, 6) is 1.64. The second-order valence-electron chi connectivity index (χ2n) is 6.30. The molecule has 0 saturated heterocycles. The number of benzene rings is 1. The van der Waals surface area contributed by atoms with Crippen molar-refractivity contribution in [3.8, 4) is 5.75 Å². The minimum absolute atomic E-state index is 0.213. The molecule has 0 fully saturated rings. The van der Waals surface area contributed by atoms with E-state index in [1.807, 2.05) is 20.8 Å². The zero-order valence-electron chi connectivity index (χ0n) is 13.5. The molecule has 0 aliphatic carbocycles. The third-order valence-electron chi connectivity index (χ3n) is 3.46. The Labute approximate surface area is 132 Å². The number of aromatic nitrogens is 4. The molecule has 2 heterocycles. The maximum Gasteiger partial charge on any atom is 0.269 e. The van der Waals surface area contributed by atoms with E-state index in [1.165, 1.54) is 6.20 Å². The third-order valence-corrected chi connectivity index (χ3v) is 3.46. The van der Waals surface area contributed by atoms with Crippen molar-refractivity contribution in [3.63, 3.8) is 0 Å². The fourth-order valence-electron chi connectivity index (χ4n) is 2.20. The van der Waals surface area contributed by atoms with Gasteiger partial charge in [0.2, 0.25) is 5.89 Å². The molecule has 1 aromatic carbocycles. The number of methoxy groups -OCH3 is 1. The fraction of sp³-hybridized carbons (Fsp3) is 0.375. The number of ether oxygens (including phenoxy) is 1. The summed E-state index contributed by atoms with van der Waals surface area (Å²) in [6.07, 6.45) is 1.29. The standard InChI is InChI=1S/C16H18N4O3/c1-16(2,3)15-18-13(19-23-15)9-20-12-7-10(22-4)5-6-11(12)17-8-14(20)21/h5-8H,9H2,1-4H3. The van der Waals surface area contributed by atoms with E-state index in [-0.39, 0.29) is 17.5 Å². The zero-order valence-corrected chi connectivity index (χ0v) is 13.5. The Kier molecular flexibility index (Phi) is 3.63. The molecule has 0 bridgehead atoms. The van der Waals surface area contributed by atoms with Crippen molar-refractivity contribution < 1.29 is 9.26 Å². The quantitative estimate of drug-likeness (QED) is 0.736. The number of rotatable bonds is 3. The lowest BCUT2D eigenvalue weighted by molar-refractivity contribution is 0.318. The lowest BCUT2D eigenvalue weighted by Crippen LogP contribution is -2.22. The van der Waals surface area contributed by atoms with E-state index >= 15 is 0 Å². The highest BCUT2D eigenvalue weighted by Crippen LogP contribution is 2.21. The summed E-state index contributed by atoms with van der Waals surface area (Å²) < 4.78 is 12.1. The van der Waals surface area contributed by atoms with E-state index in [0.29, 0.717) is 28.5 Å². The first-order valence-electron chi connectivity index (χ1n) is 7.25. The average Bonchev–Trinajstić information content (AvgIpc) is 2.98. The highest BCUT2D eigenvalue weighted by molar-refractivity contribution is 5.76. The van der Waals surface area contributed by atoms with E-state index in [1.54, 1.807) is 29.9 Å². The van der Waals surface area contributed by atoms with Gasteiger partial charge in [-0.3, -0.25) is 9.36 Å². The SMILES string of the molecule is COc1ccc2ncc(=O)n(Cc3noc(C(C)(C)C)n3)c2c1. The van der Waals surface area contributed by atoms with E-state index in [9.17, 15) is 4.79 Å². The molecule has 0 spiro atoms. The van der Waals surface area contributed by atoms with Gasteiger partial charge in [0, 0.05) is 11.5 Å². The molecular formula is C16H18N4O3. The van der Waals surface area contributed by atoms with Crippen LogP contribution in [0.15, 0.2) is 33.7 Å². The van der Waals surface area contributed by atoms with Crippen LogP contribution in [-0.4, -0.2) is 26.8 Å². The van der Waals surface area contributed by atoms with E-state index in [0.717, 1.165) is 0 Å². The van der Waals surface area contributed by atoms with Crippen LogP contribution in [0.1, 0.15) is 32.5 Å². The van der Waals surface area contributed by atoms with Crippen LogP contribution in [0.5, 0.6) is 5.75 Å². The summed E-state index contributed by atoms with van der Waals surface area (Å²) in [6.45, 7) is 6.18. The van der Waals surface area contributed by atoms with Crippen molar-refractivity contribution >= 4 is 11.0 Å². The lowest BCUT2D eigenvalue weighted by atomic mass is 9.97. The summed E-state index contributed by atoms with van der Waals surface area (Å²) in [6, 6.07) is 5.38. The zero-order chi connectivity index (χ0) is 16.6. The number of nitrogens with zero attached hydrogens (tertiary/aromatic N) is 4. The summed E-state index contributed by atoms with van der Waals surface area (Å²) in [5, 5.41) is 3.97. The molecule has 120 valence electrons. The minimum atomic E-state index is -0.236. The number of hydrogen-bond acceptors (Lipinski definition) is 6. The molecule has 0 aliphatic heterocycles. The van der Waals surface area contributed by atoms with Crippen LogP contribution in [0.25, 0.3) is 11.0 Å². The molecule has 7 nitrogen and oxygen atoms in total. The van der Waals surface area contributed by atoms with Crippen molar-refractivity contribution in [2.45, 2.75) is 32.7 Å². The van der Waals surface area contributed by atoms with Crippen molar-refractivity contribution in [2.24, 2.45) is 0 Å². The largest absolute Gasteiger partial charge is 0.497 e. The molecule has 0 unspecified atom stereocenters. The molecule has 2 aromatic heterocycles. The third kappa shape index (κ3) is 2.94. The fourth-order valence-corrected chi connectivity index (χ4v) is 2.20. The lowest BCUT2D eigenvalue weighted by Gasteiger charge is -2.10. The number of hydrogen-bond donors (Lipinski definition) is 0. The Hall–Kier alpha value is -2.70. The first-order chi connectivity index (χ1) is 10.9. The normalized spacial score (nSPS) is 11.8. The molecule has 0 amide bonds. The van der Waals surface area contributed by atoms with Gasteiger partial charge >= 0.3 is 0 Å². The van der Waals surface area contributed by atoms with Gasteiger partial charge in [-0.25, -0.2) is 4.98 Å². The van der Waals surface area contributed by atoms with Crippen LogP contribution in [0.3, 0.4) is 0 Å². The predicted octanol–water partition coefficient (Wildman–Crippen LogP) is 2.13. The molecule has 0 radical (unpaired) electrons. The Bertz CT molecular complexity index is 906. The molecule has 3 aromatic rings. The number of fused-ring (bicyclic) bond motifs is 1. The molecular weight excluding hydrogens is 296 g/mol. The van der Waals surface area contributed by atoms with Crippen LogP contribution >= 0.6 is 0 Å². The van der Waals surface area contributed by atoms with Gasteiger partial charge in [0.25, 0.3) is 5.56 Å². The summed E-state index contributed by atoms with van der Waals surface area (Å²) >= 11 is 0. The first-order valence-corrected chi connectivity index (χ1v) is 7.25. The minimum Gasteiger partial charge on any atom is -0.497 e. The topological polar surface area (TPSA) is 83.0 Å². The predicted molar refractivity (Wildman–Crippen MR) is 84.7 cm³/mol. The van der Waals surface area contributed by atoms with Gasteiger partial charge in [-0.05, 0) is 12.1 Å². The monoisotopic (exact) mass is 314 g/mol. The van der Waals surface area contributed by atoms with Gasteiger partial charge in [-0.15, -0.1) is 0 Å². The first kappa shape index (κ1) is 15.2. The molecule has 23 heavy (non-hydrogen) atoms.